The summed E-state index contributed by atoms with van der Waals surface area (Å²) in [5.74, 6) is 1.61. The van der Waals surface area contributed by atoms with E-state index in [1.807, 2.05) is 287 Å². The lowest BCUT2D eigenvalue weighted by atomic mass is 9.99. The molecule has 15 heteroatoms. The molecule has 0 radical (unpaired) electrons. The van der Waals surface area contributed by atoms with Crippen molar-refractivity contribution in [2.24, 2.45) is 0 Å². The van der Waals surface area contributed by atoms with E-state index in [2.05, 4.69) is 177 Å². The molecule has 0 fully saturated rings. The van der Waals surface area contributed by atoms with Gasteiger partial charge in [-0.05, 0) is 137 Å². The van der Waals surface area contributed by atoms with Gasteiger partial charge in [0.2, 0.25) is 17.8 Å². The van der Waals surface area contributed by atoms with Crippen LogP contribution in [0.4, 0.5) is 0 Å². The first-order valence-electron chi connectivity index (χ1n) is 56.7. The summed E-state index contributed by atoms with van der Waals surface area (Å²) >= 11 is 0. The molecule has 0 saturated heterocycles. The first-order valence-corrected chi connectivity index (χ1v) is 49.2. The highest BCUT2D eigenvalue weighted by Gasteiger charge is 2.29. The molecule has 0 spiro atoms. The van der Waals surface area contributed by atoms with Crippen molar-refractivity contribution < 1.29 is 20.6 Å². The number of rotatable bonds is 15. The van der Waals surface area contributed by atoms with Crippen LogP contribution in [-0.2, 0) is 0 Å². The molecule has 0 unspecified atom stereocenters. The van der Waals surface area contributed by atoms with Crippen molar-refractivity contribution in [1.82, 2.24) is 72.3 Å². The van der Waals surface area contributed by atoms with Crippen molar-refractivity contribution in [3.63, 3.8) is 0 Å². The van der Waals surface area contributed by atoms with Gasteiger partial charge in [0.25, 0.3) is 0 Å². The molecule has 0 aliphatic heterocycles. The van der Waals surface area contributed by atoms with Gasteiger partial charge in [-0.3, -0.25) is 13.7 Å². The molecule has 9 aromatic heterocycles. The lowest BCUT2D eigenvalue weighted by molar-refractivity contribution is 0.953. The maximum absolute atomic E-state index is 8.89. The molecule has 30 rings (SSSR count). The van der Waals surface area contributed by atoms with E-state index >= 15 is 0 Å². The number of para-hydroxylation sites is 9. The van der Waals surface area contributed by atoms with Crippen LogP contribution in [0.3, 0.4) is 0 Å². The van der Waals surface area contributed by atoms with E-state index in [4.69, 9.17) is 65.4 Å². The fraction of sp³-hybridized carbons (Fsp3) is 0. The second-order valence-corrected chi connectivity index (χ2v) is 36.3. The number of hydrogen-bond acceptors (Lipinski definition) is 9. The van der Waals surface area contributed by atoms with Crippen molar-refractivity contribution in [2.75, 3.05) is 0 Å². The molecule has 0 aliphatic rings. The maximum Gasteiger partial charge on any atom is 0.238 e. The van der Waals surface area contributed by atoms with Gasteiger partial charge in [-0.25, -0.2) is 15.0 Å². The Balaban J connectivity index is 0.000000116. The molecule has 9 heterocycles. The minimum Gasteiger partial charge on any atom is -0.309 e. The van der Waals surface area contributed by atoms with Crippen LogP contribution in [0, 0.1) is 0 Å². The first kappa shape index (κ1) is 72.7. The van der Waals surface area contributed by atoms with E-state index in [1.54, 1.807) is 0 Å². The molecular weight excluding hydrogens is 1830 g/mol. The van der Waals surface area contributed by atoms with E-state index in [9.17, 15) is 0 Å². The summed E-state index contributed by atoms with van der Waals surface area (Å²) in [6.45, 7) is 0. The summed E-state index contributed by atoms with van der Waals surface area (Å²) in [4.78, 5) is 44.7. The second-order valence-electron chi connectivity index (χ2n) is 36.3. The molecule has 0 N–H and O–H groups in total. The zero-order chi connectivity index (χ0) is 112. The Morgan fingerprint density at radius 1 is 0.147 bits per heavy atom. The van der Waals surface area contributed by atoms with Crippen LogP contribution in [-0.4, -0.2) is 72.3 Å². The third-order valence-corrected chi connectivity index (χ3v) is 27.8. The van der Waals surface area contributed by atoms with Crippen LogP contribution < -0.4 is 0 Å². The molecule has 0 atom stereocenters. The Kier molecular flexibility index (Phi) is 17.9. The Hall–Kier alpha value is -20.6. The van der Waals surface area contributed by atoms with Crippen LogP contribution in [0.25, 0.3) is 267 Å². The Bertz CT molecular complexity index is 11400. The van der Waals surface area contributed by atoms with Gasteiger partial charge in [-0.1, -0.05) is 424 Å². The summed E-state index contributed by atoms with van der Waals surface area (Å²) in [6, 6.07) is 140. The van der Waals surface area contributed by atoms with Gasteiger partial charge < -0.3 is 13.7 Å². The van der Waals surface area contributed by atoms with Gasteiger partial charge in [0.15, 0.2) is 34.9 Å². The molecule has 0 aliphatic carbocycles. The van der Waals surface area contributed by atoms with Crippen LogP contribution in [0.15, 0.2) is 527 Å². The number of nitrogens with zero attached hydrogens (tertiary/aromatic N) is 15. The number of hydrogen-bond donors (Lipinski definition) is 0. The van der Waals surface area contributed by atoms with Crippen LogP contribution in [0.5, 0.6) is 0 Å². The van der Waals surface area contributed by atoms with Gasteiger partial charge in [0, 0.05) is 115 Å². The van der Waals surface area contributed by atoms with Crippen molar-refractivity contribution in [3.8, 4) is 137 Å². The highest BCUT2D eigenvalue weighted by molar-refractivity contribution is 6.30. The molecule has 30 aromatic rings. The smallest absolute Gasteiger partial charge is 0.238 e. The van der Waals surface area contributed by atoms with Crippen molar-refractivity contribution >= 4 is 131 Å². The first-order chi connectivity index (χ1) is 80.7. The Morgan fingerprint density at radius 3 is 0.833 bits per heavy atom. The van der Waals surface area contributed by atoms with Gasteiger partial charge >= 0.3 is 0 Å². The SMILES string of the molecule is [2H]c1c([2H])c([2H])c(-c2nc(-c3ccc(-c4ccccc4)cc3)nc(-n3c4ccccc4c4c3ccc3c5ccccc5n(-c5ccccc5)c34)n2)c([2H])c1[2H].[2H]c1c([2H])c([2H])c(-c2nc(-c3cccc(-c4ccccc4)c3)nc(-n3c4ccccc4c4c3ccc3c5ccccc5n(-c5ccccc5)c34)n2)c([2H])c1[2H].[2H]c1c([2H])c([2H])c(-c2nc(-c3ccccc3-c3ccccc3)nc(-n3c4ccccc4c4c5c6ccccc6n(-c6ccccc6)c5ccc43)n2)c([2H])c1[2H]. The lowest BCUT2D eigenvalue weighted by Crippen LogP contribution is -2.06. The average Bonchev–Trinajstić information content (AvgIpc) is 1.55. The summed E-state index contributed by atoms with van der Waals surface area (Å²) in [5.41, 5.74) is 22.3. The van der Waals surface area contributed by atoms with Crippen molar-refractivity contribution in [2.45, 2.75) is 0 Å². The molecule has 702 valence electrons. The number of fused-ring (bicyclic) bond motifs is 21. The van der Waals surface area contributed by atoms with Crippen LogP contribution in [0.2, 0.25) is 0 Å². The molecule has 15 nitrogen and oxygen atoms in total. The zero-order valence-corrected chi connectivity index (χ0v) is 79.8. The summed E-state index contributed by atoms with van der Waals surface area (Å²) < 4.78 is 142. The quantitative estimate of drug-likeness (QED) is 0.0979. The Morgan fingerprint density at radius 2 is 0.413 bits per heavy atom. The lowest BCUT2D eigenvalue weighted by Gasteiger charge is -2.13. The third-order valence-electron chi connectivity index (χ3n) is 27.8. The van der Waals surface area contributed by atoms with E-state index in [-0.39, 0.29) is 88.3 Å². The van der Waals surface area contributed by atoms with Crippen molar-refractivity contribution in [1.29, 1.82) is 0 Å². The standard InChI is InChI=1S/3C45H29N5/c1-4-15-30(16-5-1)32-19-14-20-33(29-32)44-46-43(31-17-6-2-7-18-31)47-45(48-44)50-39-26-13-11-24-37(39)41-40(50)28-27-36-35-23-10-12-25-38(35)49(42(36)41)34-21-8-3-9-22-34;1-4-14-30(15-5-1)31-24-26-33(27-25-31)44-46-43(32-16-6-2-7-17-32)47-45(48-44)50-39-23-13-11-21-37(39)41-40(50)29-28-36-35-20-10-12-22-38(35)49(42(36)41)34-18-8-3-9-19-34;1-4-16-30(17-5-1)33-22-10-11-23-34(33)44-46-43(31-18-6-2-7-19-31)47-45(48-44)50-38-27-15-13-25-36(38)42-40(50)29-28-39-41(42)35-24-12-14-26-37(35)49(39)32-20-8-3-9-21-32/h3*1-29H/i2D,6D,7D,17D,18D;2D,6D,7D,16D,17D;2D,6D,7D,18D,19D. The minimum absolute atomic E-state index is 0.0189. The summed E-state index contributed by atoms with van der Waals surface area (Å²) in [6.07, 6.45) is 0. The summed E-state index contributed by atoms with van der Waals surface area (Å²) in [5, 5.41) is 12.6. The predicted molar refractivity (Wildman–Crippen MR) is 614 cm³/mol. The topological polar surface area (TPSA) is 146 Å². The van der Waals surface area contributed by atoms with E-state index in [1.165, 1.54) is 0 Å². The second kappa shape index (κ2) is 37.0. The molecule has 0 saturated carbocycles. The fourth-order valence-electron chi connectivity index (χ4n) is 21.4. The highest BCUT2D eigenvalue weighted by Crippen LogP contribution is 2.48. The predicted octanol–water partition coefficient (Wildman–Crippen LogP) is 33.2. The number of benzene rings is 21. The third kappa shape index (κ3) is 15.1. The zero-order valence-electron chi connectivity index (χ0n) is 94.8. The van der Waals surface area contributed by atoms with Crippen molar-refractivity contribution in [3.05, 3.63) is 527 Å². The van der Waals surface area contributed by atoms with E-state index < -0.39 is 54.4 Å². The molecular formula is C135H87N15. The maximum atomic E-state index is 8.89. The van der Waals surface area contributed by atoms with Gasteiger partial charge in [0.05, 0.1) is 86.8 Å². The molecule has 21 aromatic carbocycles. The largest absolute Gasteiger partial charge is 0.309 e. The van der Waals surface area contributed by atoms with Gasteiger partial charge in [0.1, 0.15) is 0 Å². The average molecular weight is 1930 g/mol. The summed E-state index contributed by atoms with van der Waals surface area (Å²) in [7, 11) is 0. The molecule has 150 heavy (non-hydrogen) atoms. The normalized spacial score (nSPS) is 13.0. The molecule has 0 amide bonds. The van der Waals surface area contributed by atoms with Crippen LogP contribution >= 0.6 is 0 Å². The molecule has 0 bridgehead atoms. The van der Waals surface area contributed by atoms with Gasteiger partial charge in [-0.15, -0.1) is 0 Å². The highest BCUT2D eigenvalue weighted by atomic mass is 15.2. The minimum atomic E-state index is -0.483. The van der Waals surface area contributed by atoms with Crippen LogP contribution in [0.1, 0.15) is 20.6 Å². The monoisotopic (exact) mass is 1930 g/mol. The fourth-order valence-corrected chi connectivity index (χ4v) is 21.4. The Labute approximate surface area is 882 Å². The number of aromatic nitrogens is 15. The van der Waals surface area contributed by atoms with Gasteiger partial charge in [-0.2, -0.15) is 29.9 Å². The van der Waals surface area contributed by atoms with E-state index in [0.29, 0.717) is 34.2 Å². The van der Waals surface area contributed by atoms with E-state index in [0.717, 1.165) is 181 Å².